The molecule has 0 aliphatic rings. The quantitative estimate of drug-likeness (QED) is 0.874. The Bertz CT molecular complexity index is 646. The van der Waals surface area contributed by atoms with Crippen LogP contribution in [0.1, 0.15) is 26.3 Å². The first kappa shape index (κ1) is 14.6. The van der Waals surface area contributed by atoms with Crippen LogP contribution in [0.5, 0.6) is 5.75 Å². The van der Waals surface area contributed by atoms with Crippen LogP contribution < -0.4 is 0 Å². The molecule has 0 aromatic heterocycles. The van der Waals surface area contributed by atoms with Gasteiger partial charge in [-0.2, -0.15) is 0 Å². The zero-order chi connectivity index (χ0) is 15.2. The van der Waals surface area contributed by atoms with Gasteiger partial charge in [0.15, 0.2) is 0 Å². The highest BCUT2D eigenvalue weighted by molar-refractivity contribution is 5.92. The summed E-state index contributed by atoms with van der Waals surface area (Å²) >= 11 is 0. The molecule has 0 atom stereocenters. The second-order valence-electron chi connectivity index (χ2n) is 4.28. The van der Waals surface area contributed by atoms with Crippen LogP contribution in [-0.2, 0) is 16.1 Å². The van der Waals surface area contributed by atoms with Crippen LogP contribution in [0.2, 0.25) is 0 Å². The van der Waals surface area contributed by atoms with Gasteiger partial charge in [0.2, 0.25) is 0 Å². The molecular weight excluding hydrogens is 272 g/mol. The third-order valence-electron chi connectivity index (χ3n) is 2.87. The number of hydrogen-bond acceptors (Lipinski definition) is 5. The topological polar surface area (TPSA) is 72.8 Å². The van der Waals surface area contributed by atoms with Gasteiger partial charge in [-0.05, 0) is 29.8 Å². The first-order chi connectivity index (χ1) is 10.1. The zero-order valence-electron chi connectivity index (χ0n) is 11.4. The Balaban J connectivity index is 1.99. The molecule has 0 saturated carbocycles. The van der Waals surface area contributed by atoms with Crippen molar-refractivity contribution in [1.82, 2.24) is 0 Å². The molecule has 1 N–H and O–H groups in total. The first-order valence-corrected chi connectivity index (χ1v) is 6.24. The lowest BCUT2D eigenvalue weighted by Gasteiger charge is -2.07. The lowest BCUT2D eigenvalue weighted by molar-refractivity contribution is 0.0468. The zero-order valence-corrected chi connectivity index (χ0v) is 11.4. The molecule has 0 radical (unpaired) electrons. The van der Waals surface area contributed by atoms with Gasteiger partial charge in [-0.25, -0.2) is 9.59 Å². The molecule has 0 spiro atoms. The molecule has 5 heteroatoms. The monoisotopic (exact) mass is 286 g/mol. The van der Waals surface area contributed by atoms with Gasteiger partial charge >= 0.3 is 11.9 Å². The smallest absolute Gasteiger partial charge is 0.342 e. The van der Waals surface area contributed by atoms with Gasteiger partial charge in [0.1, 0.15) is 17.9 Å². The number of para-hydroxylation sites is 1. The number of rotatable bonds is 4. The maximum atomic E-state index is 11.8. The van der Waals surface area contributed by atoms with Crippen LogP contribution in [-0.4, -0.2) is 24.2 Å². The molecule has 21 heavy (non-hydrogen) atoms. The molecule has 0 aliphatic heterocycles. The predicted octanol–water partition coefficient (Wildman–Crippen LogP) is 2.54. The molecule has 5 nitrogen and oxygen atoms in total. The van der Waals surface area contributed by atoms with Gasteiger partial charge in [-0.15, -0.1) is 0 Å². The van der Waals surface area contributed by atoms with Crippen LogP contribution in [0, 0.1) is 0 Å². The van der Waals surface area contributed by atoms with E-state index in [4.69, 9.17) is 4.74 Å². The maximum absolute atomic E-state index is 11.8. The molecular formula is C16H14O5. The maximum Gasteiger partial charge on any atom is 0.342 e. The highest BCUT2D eigenvalue weighted by Gasteiger charge is 2.12. The van der Waals surface area contributed by atoms with Crippen molar-refractivity contribution in [3.63, 3.8) is 0 Å². The summed E-state index contributed by atoms with van der Waals surface area (Å²) in [6, 6.07) is 12.7. The number of benzene rings is 2. The highest BCUT2D eigenvalue weighted by atomic mass is 16.5. The normalized spacial score (nSPS) is 9.95. The number of phenolic OH excluding ortho intramolecular Hbond substituents is 1. The van der Waals surface area contributed by atoms with Crippen molar-refractivity contribution >= 4 is 11.9 Å². The lowest BCUT2D eigenvalue weighted by atomic mass is 10.1. The molecule has 108 valence electrons. The minimum Gasteiger partial charge on any atom is -0.507 e. The van der Waals surface area contributed by atoms with Crippen molar-refractivity contribution in [2.24, 2.45) is 0 Å². The van der Waals surface area contributed by atoms with Crippen LogP contribution in [0.25, 0.3) is 0 Å². The van der Waals surface area contributed by atoms with Crippen LogP contribution >= 0.6 is 0 Å². The molecule has 0 saturated heterocycles. The Morgan fingerprint density at radius 1 is 1.00 bits per heavy atom. The molecule has 0 aliphatic carbocycles. The van der Waals surface area contributed by atoms with E-state index in [1.165, 1.54) is 19.2 Å². The van der Waals surface area contributed by atoms with E-state index >= 15 is 0 Å². The summed E-state index contributed by atoms with van der Waals surface area (Å²) in [4.78, 5) is 23.1. The van der Waals surface area contributed by atoms with Crippen molar-refractivity contribution in [3.8, 4) is 5.75 Å². The third-order valence-corrected chi connectivity index (χ3v) is 2.87. The minimum atomic E-state index is -0.606. The summed E-state index contributed by atoms with van der Waals surface area (Å²) in [5, 5.41) is 9.55. The molecule has 0 amide bonds. The number of carbonyl (C=O) groups is 2. The Labute approximate surface area is 121 Å². The second-order valence-corrected chi connectivity index (χ2v) is 4.28. The molecule has 0 bridgehead atoms. The van der Waals surface area contributed by atoms with Gasteiger partial charge < -0.3 is 14.6 Å². The summed E-state index contributed by atoms with van der Waals surface area (Å²) < 4.78 is 9.70. The number of carbonyl (C=O) groups excluding carboxylic acids is 2. The van der Waals surface area contributed by atoms with Crippen molar-refractivity contribution in [2.75, 3.05) is 7.11 Å². The van der Waals surface area contributed by atoms with Crippen molar-refractivity contribution in [3.05, 3.63) is 65.2 Å². The molecule has 0 heterocycles. The fourth-order valence-electron chi connectivity index (χ4n) is 1.73. The van der Waals surface area contributed by atoms with Crippen molar-refractivity contribution < 1.29 is 24.2 Å². The second kappa shape index (κ2) is 6.56. The fourth-order valence-corrected chi connectivity index (χ4v) is 1.73. The minimum absolute atomic E-state index is 0.0502. The summed E-state index contributed by atoms with van der Waals surface area (Å²) in [5.74, 6) is -1.15. The highest BCUT2D eigenvalue weighted by Crippen LogP contribution is 2.17. The number of hydrogen-bond donors (Lipinski definition) is 1. The van der Waals surface area contributed by atoms with Crippen LogP contribution in [0.4, 0.5) is 0 Å². The van der Waals surface area contributed by atoms with E-state index in [2.05, 4.69) is 4.74 Å². The van der Waals surface area contributed by atoms with E-state index in [0.29, 0.717) is 5.56 Å². The largest absolute Gasteiger partial charge is 0.507 e. The van der Waals surface area contributed by atoms with Gasteiger partial charge in [0, 0.05) is 0 Å². The number of methoxy groups -OCH3 is 1. The average Bonchev–Trinajstić information content (AvgIpc) is 2.52. The van der Waals surface area contributed by atoms with Gasteiger partial charge in [0.25, 0.3) is 0 Å². The Morgan fingerprint density at radius 3 is 2.29 bits per heavy atom. The van der Waals surface area contributed by atoms with E-state index in [9.17, 15) is 14.7 Å². The predicted molar refractivity (Wildman–Crippen MR) is 75.0 cm³/mol. The molecule has 2 aromatic rings. The molecule has 0 fully saturated rings. The average molecular weight is 286 g/mol. The number of phenols is 1. The summed E-state index contributed by atoms with van der Waals surface area (Å²) in [6.07, 6.45) is 0. The Morgan fingerprint density at radius 2 is 1.67 bits per heavy atom. The fraction of sp³-hybridized carbons (Fsp3) is 0.125. The Hall–Kier alpha value is -2.82. The van der Waals surface area contributed by atoms with Gasteiger partial charge in [-0.1, -0.05) is 24.3 Å². The summed E-state index contributed by atoms with van der Waals surface area (Å²) in [6.45, 7) is 0.0502. The van der Waals surface area contributed by atoms with E-state index in [0.717, 1.165) is 5.56 Å². The van der Waals surface area contributed by atoms with E-state index in [1.54, 1.807) is 36.4 Å². The standard InChI is InChI=1S/C16H14O5/c1-20-15(18)12-8-6-11(7-9-12)10-21-16(19)13-4-2-3-5-14(13)17/h2-9,17H,10H2,1H3. The number of ether oxygens (including phenoxy) is 2. The summed E-state index contributed by atoms with van der Waals surface area (Å²) in [5.41, 5.74) is 1.27. The first-order valence-electron chi connectivity index (χ1n) is 6.24. The molecule has 0 unspecified atom stereocenters. The Kier molecular flexibility index (Phi) is 4.56. The SMILES string of the molecule is COC(=O)c1ccc(COC(=O)c2ccccc2O)cc1. The van der Waals surface area contributed by atoms with Gasteiger partial charge in [-0.3, -0.25) is 0 Å². The van der Waals surface area contributed by atoms with Crippen molar-refractivity contribution in [1.29, 1.82) is 0 Å². The summed E-state index contributed by atoms with van der Waals surface area (Å²) in [7, 11) is 1.31. The van der Waals surface area contributed by atoms with Gasteiger partial charge in [0.05, 0.1) is 12.7 Å². The van der Waals surface area contributed by atoms with E-state index in [-0.39, 0.29) is 17.9 Å². The van der Waals surface area contributed by atoms with Crippen LogP contribution in [0.3, 0.4) is 0 Å². The van der Waals surface area contributed by atoms with E-state index < -0.39 is 11.9 Å². The molecule has 2 aromatic carbocycles. The van der Waals surface area contributed by atoms with Crippen molar-refractivity contribution in [2.45, 2.75) is 6.61 Å². The third kappa shape index (κ3) is 3.60. The number of aromatic hydroxyl groups is 1. The van der Waals surface area contributed by atoms with E-state index in [1.807, 2.05) is 0 Å². The molecule has 2 rings (SSSR count). The number of esters is 2. The lowest BCUT2D eigenvalue weighted by Crippen LogP contribution is -2.06. The van der Waals surface area contributed by atoms with Crippen LogP contribution in [0.15, 0.2) is 48.5 Å².